The van der Waals surface area contributed by atoms with Crippen molar-refractivity contribution < 1.29 is 23.9 Å². The van der Waals surface area contributed by atoms with Gasteiger partial charge in [-0.15, -0.1) is 0 Å². The van der Waals surface area contributed by atoms with Crippen molar-refractivity contribution in [3.8, 4) is 5.75 Å². The number of rotatable bonds is 4. The summed E-state index contributed by atoms with van der Waals surface area (Å²) in [5, 5.41) is 16.0. The largest absolute Gasteiger partial charge is 0.480 e. The Bertz CT molecular complexity index is 575. The van der Waals surface area contributed by atoms with Gasteiger partial charge in [-0.05, 0) is 32.0 Å². The first kappa shape index (κ1) is 16.4. The van der Waals surface area contributed by atoms with E-state index in [-0.39, 0.29) is 17.0 Å². The van der Waals surface area contributed by atoms with Gasteiger partial charge in [-0.25, -0.2) is 9.18 Å². The lowest BCUT2D eigenvalue weighted by Gasteiger charge is -2.16. The smallest absolute Gasteiger partial charge is 0.321 e. The van der Waals surface area contributed by atoms with Crippen molar-refractivity contribution in [2.45, 2.75) is 20.0 Å². The third kappa shape index (κ3) is 4.44. The molecule has 1 aromatic carbocycles. The van der Waals surface area contributed by atoms with Crippen molar-refractivity contribution in [3.05, 3.63) is 29.6 Å². The van der Waals surface area contributed by atoms with Crippen LogP contribution in [0.2, 0.25) is 0 Å². The summed E-state index contributed by atoms with van der Waals surface area (Å²) in [5.74, 6) is -1.04. The Balaban J connectivity index is 2.92. The molecule has 0 heterocycles. The first-order valence-electron chi connectivity index (χ1n) is 6.06. The zero-order valence-corrected chi connectivity index (χ0v) is 11.8. The topological polar surface area (TPSA) is 100 Å². The molecule has 1 aromatic rings. The molecule has 0 aliphatic heterocycles. The molecule has 0 aromatic heterocycles. The average Bonchev–Trinajstić information content (AvgIpc) is 2.47. The fraction of sp³-hybridized carbons (Fsp3) is 0.308. The Morgan fingerprint density at radius 3 is 2.67 bits per heavy atom. The molecule has 8 heteroatoms. The molecular formula is C13H16FN3O4. The number of hydrogen-bond acceptors (Lipinski definition) is 5. The molecule has 114 valence electrons. The Morgan fingerprint density at radius 1 is 1.43 bits per heavy atom. The summed E-state index contributed by atoms with van der Waals surface area (Å²) < 4.78 is 18.6. The zero-order chi connectivity index (χ0) is 16.0. The minimum absolute atomic E-state index is 0.128. The van der Waals surface area contributed by atoms with Crippen LogP contribution in [-0.4, -0.2) is 36.0 Å². The van der Waals surface area contributed by atoms with Gasteiger partial charge in [0, 0.05) is 12.6 Å². The summed E-state index contributed by atoms with van der Waals surface area (Å²) in [7, 11) is 1.37. The number of ether oxygens (including phenoxy) is 1. The summed E-state index contributed by atoms with van der Waals surface area (Å²) in [6.07, 6.45) is -1.00. The highest BCUT2D eigenvalue weighted by molar-refractivity contribution is 6.01. The van der Waals surface area contributed by atoms with Crippen molar-refractivity contribution in [2.24, 2.45) is 5.16 Å². The summed E-state index contributed by atoms with van der Waals surface area (Å²) in [6.45, 7) is 2.88. The number of carbonyl (C=O) groups excluding carboxylic acids is 2. The van der Waals surface area contributed by atoms with Gasteiger partial charge in [0.25, 0.3) is 5.91 Å². The predicted molar refractivity (Wildman–Crippen MR) is 73.1 cm³/mol. The van der Waals surface area contributed by atoms with Crippen LogP contribution in [0.5, 0.6) is 5.75 Å². The van der Waals surface area contributed by atoms with Crippen molar-refractivity contribution in [3.63, 3.8) is 0 Å². The molecule has 1 rings (SSSR count). The molecule has 1 atom stereocenters. The van der Waals surface area contributed by atoms with Gasteiger partial charge in [-0.3, -0.25) is 10.1 Å². The lowest BCUT2D eigenvalue weighted by atomic mass is 10.1. The molecule has 0 saturated carbocycles. The summed E-state index contributed by atoms with van der Waals surface area (Å²) >= 11 is 0. The minimum atomic E-state index is -1.00. The van der Waals surface area contributed by atoms with Crippen LogP contribution >= 0.6 is 0 Å². The van der Waals surface area contributed by atoms with Gasteiger partial charge in [0.1, 0.15) is 11.6 Å². The monoisotopic (exact) mass is 297 g/mol. The van der Waals surface area contributed by atoms with E-state index in [2.05, 4.69) is 15.8 Å². The van der Waals surface area contributed by atoms with Crippen molar-refractivity contribution in [1.29, 1.82) is 0 Å². The van der Waals surface area contributed by atoms with Crippen LogP contribution in [0.3, 0.4) is 0 Å². The van der Waals surface area contributed by atoms with Gasteiger partial charge in [0.05, 0.1) is 5.71 Å². The second-order valence-electron chi connectivity index (χ2n) is 4.15. The van der Waals surface area contributed by atoms with Crippen LogP contribution in [0.1, 0.15) is 19.4 Å². The summed E-state index contributed by atoms with van der Waals surface area (Å²) in [5.41, 5.74) is 0.334. The third-order valence-electron chi connectivity index (χ3n) is 2.62. The number of amides is 3. The van der Waals surface area contributed by atoms with Gasteiger partial charge in [0.15, 0.2) is 6.10 Å². The quantitative estimate of drug-likeness (QED) is 0.442. The first-order chi connectivity index (χ1) is 9.88. The molecule has 0 aliphatic rings. The van der Waals surface area contributed by atoms with E-state index in [1.807, 2.05) is 0 Å². The van der Waals surface area contributed by atoms with Crippen LogP contribution in [-0.2, 0) is 4.79 Å². The highest BCUT2D eigenvalue weighted by Crippen LogP contribution is 2.22. The number of urea groups is 1. The fourth-order valence-corrected chi connectivity index (χ4v) is 1.46. The van der Waals surface area contributed by atoms with E-state index in [1.165, 1.54) is 27.0 Å². The Morgan fingerprint density at radius 2 is 2.10 bits per heavy atom. The average molecular weight is 297 g/mol. The maximum absolute atomic E-state index is 13.2. The number of halogens is 1. The molecule has 0 spiro atoms. The maximum Gasteiger partial charge on any atom is 0.321 e. The van der Waals surface area contributed by atoms with E-state index >= 15 is 0 Å². The Labute approximate surface area is 120 Å². The number of oxime groups is 1. The molecule has 0 aliphatic carbocycles. The maximum atomic E-state index is 13.2. The number of hydrogen-bond donors (Lipinski definition) is 3. The van der Waals surface area contributed by atoms with Gasteiger partial charge < -0.3 is 15.3 Å². The van der Waals surface area contributed by atoms with Gasteiger partial charge in [0.2, 0.25) is 0 Å². The Hall–Kier alpha value is -2.64. The standard InChI is InChI=1S/C13H16FN3O4/c1-7(17-20)10-6-9(14)4-5-11(10)21-8(2)12(18)16-13(19)15-3/h4-6,8,20H,1-3H3,(H2,15,16,18,19)/b17-7+. The molecule has 0 fully saturated rings. The first-order valence-corrected chi connectivity index (χ1v) is 6.06. The number of nitrogens with one attached hydrogen (secondary N) is 2. The minimum Gasteiger partial charge on any atom is -0.480 e. The number of imide groups is 1. The van der Waals surface area contributed by atoms with Gasteiger partial charge >= 0.3 is 6.03 Å². The normalized spacial score (nSPS) is 12.5. The van der Waals surface area contributed by atoms with Crippen molar-refractivity contribution >= 4 is 17.6 Å². The molecule has 0 radical (unpaired) electrons. The zero-order valence-electron chi connectivity index (χ0n) is 11.8. The fourth-order valence-electron chi connectivity index (χ4n) is 1.46. The second kappa shape index (κ2) is 7.22. The van der Waals surface area contributed by atoms with Crippen molar-refractivity contribution in [1.82, 2.24) is 10.6 Å². The molecule has 0 saturated heterocycles. The highest BCUT2D eigenvalue weighted by atomic mass is 19.1. The van der Waals surface area contributed by atoms with Crippen LogP contribution in [0, 0.1) is 5.82 Å². The molecule has 7 nitrogen and oxygen atoms in total. The van der Waals surface area contributed by atoms with E-state index in [4.69, 9.17) is 9.94 Å². The lowest BCUT2D eigenvalue weighted by molar-refractivity contribution is -0.126. The molecular weight excluding hydrogens is 281 g/mol. The van der Waals surface area contributed by atoms with E-state index < -0.39 is 23.9 Å². The van der Waals surface area contributed by atoms with E-state index in [0.29, 0.717) is 0 Å². The molecule has 21 heavy (non-hydrogen) atoms. The number of nitrogens with zero attached hydrogens (tertiary/aromatic N) is 1. The molecule has 3 amide bonds. The summed E-state index contributed by atoms with van der Waals surface area (Å²) in [4.78, 5) is 22.7. The predicted octanol–water partition coefficient (Wildman–Crippen LogP) is 1.25. The third-order valence-corrected chi connectivity index (χ3v) is 2.62. The summed E-state index contributed by atoms with van der Waals surface area (Å²) in [6, 6.07) is 2.91. The van der Waals surface area contributed by atoms with Gasteiger partial charge in [-0.2, -0.15) is 0 Å². The second-order valence-corrected chi connectivity index (χ2v) is 4.15. The molecule has 1 unspecified atom stereocenters. The van der Waals surface area contributed by atoms with E-state index in [9.17, 15) is 14.0 Å². The molecule has 0 bridgehead atoms. The van der Waals surface area contributed by atoms with Crippen LogP contribution < -0.4 is 15.4 Å². The van der Waals surface area contributed by atoms with Crippen molar-refractivity contribution in [2.75, 3.05) is 7.05 Å². The lowest BCUT2D eigenvalue weighted by Crippen LogP contribution is -2.44. The van der Waals surface area contributed by atoms with Crippen LogP contribution in [0.25, 0.3) is 0 Å². The highest BCUT2D eigenvalue weighted by Gasteiger charge is 2.19. The number of carbonyl (C=O) groups is 2. The van der Waals surface area contributed by atoms with E-state index in [1.54, 1.807) is 0 Å². The SMILES string of the molecule is CNC(=O)NC(=O)C(C)Oc1ccc(F)cc1/C(C)=N/O. The van der Waals surface area contributed by atoms with E-state index in [0.717, 1.165) is 12.1 Å². The Kier molecular flexibility index (Phi) is 5.65. The van der Waals surface area contributed by atoms with Crippen LogP contribution in [0.4, 0.5) is 9.18 Å². The van der Waals surface area contributed by atoms with Gasteiger partial charge in [-0.1, -0.05) is 5.16 Å². The molecule has 3 N–H and O–H groups in total. The van der Waals surface area contributed by atoms with Crippen LogP contribution in [0.15, 0.2) is 23.4 Å². The number of benzene rings is 1.